The third-order valence-corrected chi connectivity index (χ3v) is 8.11. The average Bonchev–Trinajstić information content (AvgIpc) is 2.77. The van der Waals surface area contributed by atoms with Crippen molar-refractivity contribution in [2.75, 3.05) is 0 Å². The van der Waals surface area contributed by atoms with E-state index in [1.54, 1.807) is 5.57 Å². The van der Waals surface area contributed by atoms with Gasteiger partial charge in [0.2, 0.25) is 5.91 Å². The van der Waals surface area contributed by atoms with Crippen LogP contribution in [-0.2, 0) is 10.2 Å². The first-order chi connectivity index (χ1) is 14.6. The highest BCUT2D eigenvalue weighted by molar-refractivity contribution is 5.76. The van der Waals surface area contributed by atoms with Crippen molar-refractivity contribution in [1.29, 1.82) is 0 Å². The van der Waals surface area contributed by atoms with Gasteiger partial charge in [0.1, 0.15) is 0 Å². The molecule has 1 aromatic rings. The lowest BCUT2D eigenvalue weighted by atomic mass is 9.54. The molecule has 3 nitrogen and oxygen atoms in total. The Morgan fingerprint density at radius 3 is 2.63 bits per heavy atom. The van der Waals surface area contributed by atoms with Crippen molar-refractivity contribution in [3.05, 3.63) is 47.5 Å². The van der Waals surface area contributed by atoms with E-state index in [0.717, 1.165) is 38.5 Å². The van der Waals surface area contributed by atoms with Crippen molar-refractivity contribution in [2.45, 2.75) is 101 Å². The van der Waals surface area contributed by atoms with E-state index in [9.17, 15) is 4.79 Å². The molecular weight excluding hydrogens is 368 g/mol. The van der Waals surface area contributed by atoms with Gasteiger partial charge in [-0.1, -0.05) is 55.3 Å². The maximum absolute atomic E-state index is 12.7. The summed E-state index contributed by atoms with van der Waals surface area (Å²) in [5.74, 6) is 1.51. The lowest BCUT2D eigenvalue weighted by molar-refractivity contribution is -0.122. The predicted molar refractivity (Wildman–Crippen MR) is 124 cm³/mol. The van der Waals surface area contributed by atoms with Crippen molar-refractivity contribution in [1.82, 2.24) is 5.32 Å². The Morgan fingerprint density at radius 1 is 1.13 bits per heavy atom. The molecule has 1 amide bonds. The molecule has 0 spiro atoms. The van der Waals surface area contributed by atoms with Gasteiger partial charge < -0.3 is 11.1 Å². The number of nitrogens with one attached hydrogen (secondary N) is 1. The summed E-state index contributed by atoms with van der Waals surface area (Å²) in [7, 11) is 0. The van der Waals surface area contributed by atoms with Crippen molar-refractivity contribution in [2.24, 2.45) is 17.6 Å². The molecule has 3 atom stereocenters. The Hall–Kier alpha value is -1.61. The summed E-state index contributed by atoms with van der Waals surface area (Å²) in [4.78, 5) is 12.7. The molecule has 1 aromatic carbocycles. The molecule has 0 aliphatic heterocycles. The maximum atomic E-state index is 12.7. The first-order valence-electron chi connectivity index (χ1n) is 12.4. The Labute approximate surface area is 182 Å². The molecule has 30 heavy (non-hydrogen) atoms. The SMILES string of the molecule is CC/C=C1\C2CCCC(c3ccccc3)(C2)CC1CCC(=O)N[C@H]1CC[C@H](N)CC1. The smallest absolute Gasteiger partial charge is 0.220 e. The summed E-state index contributed by atoms with van der Waals surface area (Å²) in [5.41, 5.74) is 9.52. The second kappa shape index (κ2) is 9.68. The van der Waals surface area contributed by atoms with Crippen LogP contribution in [0.15, 0.2) is 42.0 Å². The third kappa shape index (κ3) is 4.82. The molecule has 164 valence electrons. The van der Waals surface area contributed by atoms with E-state index in [1.165, 1.54) is 37.7 Å². The van der Waals surface area contributed by atoms with Crippen LogP contribution in [0.3, 0.4) is 0 Å². The molecule has 3 aliphatic carbocycles. The molecule has 3 N–H and O–H groups in total. The fourth-order valence-corrected chi connectivity index (χ4v) is 6.63. The summed E-state index contributed by atoms with van der Waals surface area (Å²) >= 11 is 0. The maximum Gasteiger partial charge on any atom is 0.220 e. The number of rotatable bonds is 6. The van der Waals surface area contributed by atoms with E-state index in [1.807, 2.05) is 0 Å². The van der Waals surface area contributed by atoms with Crippen LogP contribution in [-0.4, -0.2) is 18.0 Å². The van der Waals surface area contributed by atoms with Crippen LogP contribution in [0.25, 0.3) is 0 Å². The molecule has 3 fully saturated rings. The van der Waals surface area contributed by atoms with Crippen LogP contribution in [0.2, 0.25) is 0 Å². The molecule has 0 radical (unpaired) electrons. The Bertz CT molecular complexity index is 734. The molecule has 3 aliphatic rings. The minimum absolute atomic E-state index is 0.246. The molecule has 4 rings (SSSR count). The molecule has 0 heterocycles. The summed E-state index contributed by atoms with van der Waals surface area (Å²) in [6.45, 7) is 2.26. The first kappa shape index (κ1) is 21.6. The lowest BCUT2D eigenvalue weighted by Crippen LogP contribution is -2.43. The lowest BCUT2D eigenvalue weighted by Gasteiger charge is -2.50. The number of allylic oxidation sites excluding steroid dienone is 2. The topological polar surface area (TPSA) is 55.1 Å². The number of amides is 1. The van der Waals surface area contributed by atoms with Gasteiger partial charge >= 0.3 is 0 Å². The van der Waals surface area contributed by atoms with Crippen LogP contribution in [0.1, 0.15) is 89.5 Å². The molecule has 2 bridgehead atoms. The molecule has 3 heteroatoms. The van der Waals surface area contributed by atoms with Crippen LogP contribution >= 0.6 is 0 Å². The van der Waals surface area contributed by atoms with Crippen molar-refractivity contribution in [3.8, 4) is 0 Å². The van der Waals surface area contributed by atoms with Crippen LogP contribution < -0.4 is 11.1 Å². The summed E-state index contributed by atoms with van der Waals surface area (Å²) in [6.07, 6.45) is 15.9. The normalized spacial score (nSPS) is 35.2. The number of carbonyl (C=O) groups is 1. The van der Waals surface area contributed by atoms with Gasteiger partial charge in [0.05, 0.1) is 0 Å². The number of nitrogens with two attached hydrogens (primary N) is 1. The van der Waals surface area contributed by atoms with E-state index in [4.69, 9.17) is 5.73 Å². The van der Waals surface area contributed by atoms with Gasteiger partial charge in [-0.3, -0.25) is 4.79 Å². The van der Waals surface area contributed by atoms with E-state index >= 15 is 0 Å². The fourth-order valence-electron chi connectivity index (χ4n) is 6.63. The van der Waals surface area contributed by atoms with Gasteiger partial charge in [-0.05, 0) is 87.0 Å². The summed E-state index contributed by atoms with van der Waals surface area (Å²) < 4.78 is 0. The van der Waals surface area contributed by atoms with Gasteiger partial charge in [-0.15, -0.1) is 0 Å². The quantitative estimate of drug-likeness (QED) is 0.599. The van der Waals surface area contributed by atoms with Crippen LogP contribution in [0.4, 0.5) is 0 Å². The van der Waals surface area contributed by atoms with E-state index in [-0.39, 0.29) is 5.91 Å². The molecular formula is C27H40N2O. The summed E-state index contributed by atoms with van der Waals surface area (Å²) in [6, 6.07) is 11.9. The second-order valence-electron chi connectivity index (χ2n) is 10.2. The highest BCUT2D eigenvalue weighted by Crippen LogP contribution is 2.55. The van der Waals surface area contributed by atoms with E-state index in [2.05, 4.69) is 48.6 Å². The van der Waals surface area contributed by atoms with Gasteiger partial charge in [0, 0.05) is 18.5 Å². The molecule has 3 unspecified atom stereocenters. The number of carbonyl (C=O) groups excluding carboxylic acids is 1. The number of fused-ring (bicyclic) bond motifs is 2. The molecule has 0 aromatic heterocycles. The van der Waals surface area contributed by atoms with E-state index in [0.29, 0.717) is 35.8 Å². The van der Waals surface area contributed by atoms with Gasteiger partial charge in [0.25, 0.3) is 0 Å². The van der Waals surface area contributed by atoms with Crippen molar-refractivity contribution in [3.63, 3.8) is 0 Å². The van der Waals surface area contributed by atoms with Gasteiger partial charge in [-0.2, -0.15) is 0 Å². The largest absolute Gasteiger partial charge is 0.353 e. The minimum atomic E-state index is 0.246. The van der Waals surface area contributed by atoms with Gasteiger partial charge in [-0.25, -0.2) is 0 Å². The predicted octanol–water partition coefficient (Wildman–Crippen LogP) is 5.64. The minimum Gasteiger partial charge on any atom is -0.353 e. The molecule has 3 saturated carbocycles. The Kier molecular flexibility index (Phi) is 6.98. The Morgan fingerprint density at radius 2 is 1.90 bits per heavy atom. The second-order valence-corrected chi connectivity index (χ2v) is 10.2. The standard InChI is InChI=1S/C27H40N2O/c1-2-7-25-20-8-6-17-27(18-20,22-9-4-3-5-10-22)19-21(25)11-16-26(30)29-24-14-12-23(28)13-15-24/h3-5,7,9-10,20-21,23-24H,2,6,8,11-19,28H2,1H3,(H,29,30)/b25-7+/t20?,21?,23-,24-,27?. The summed E-state index contributed by atoms with van der Waals surface area (Å²) in [5, 5.41) is 3.30. The highest BCUT2D eigenvalue weighted by Gasteiger charge is 2.46. The highest BCUT2D eigenvalue weighted by atomic mass is 16.1. The zero-order valence-corrected chi connectivity index (χ0v) is 18.7. The fraction of sp³-hybridized carbons (Fsp3) is 0.667. The third-order valence-electron chi connectivity index (χ3n) is 8.11. The van der Waals surface area contributed by atoms with E-state index < -0.39 is 0 Å². The van der Waals surface area contributed by atoms with Crippen molar-refractivity contribution >= 4 is 5.91 Å². The van der Waals surface area contributed by atoms with Crippen LogP contribution in [0, 0.1) is 11.8 Å². The number of hydrogen-bond donors (Lipinski definition) is 2. The molecule has 0 saturated heterocycles. The first-order valence-corrected chi connectivity index (χ1v) is 12.4. The monoisotopic (exact) mass is 408 g/mol. The number of hydrogen-bond acceptors (Lipinski definition) is 2. The number of benzene rings is 1. The van der Waals surface area contributed by atoms with Crippen molar-refractivity contribution < 1.29 is 4.79 Å². The average molecular weight is 409 g/mol. The Balaban J connectivity index is 1.43. The zero-order valence-electron chi connectivity index (χ0n) is 18.7. The van der Waals surface area contributed by atoms with Gasteiger partial charge in [0.15, 0.2) is 0 Å². The zero-order chi connectivity index (χ0) is 21.0. The van der Waals surface area contributed by atoms with Crippen LogP contribution in [0.5, 0.6) is 0 Å².